The smallest absolute Gasteiger partial charge is 0.279 e. The normalized spacial score (nSPS) is 20.6. The van der Waals surface area contributed by atoms with Crippen LogP contribution in [0, 0.1) is 0 Å². The first-order valence-electron chi connectivity index (χ1n) is 8.23. The molecule has 2 heterocycles. The van der Waals surface area contributed by atoms with Gasteiger partial charge in [0.1, 0.15) is 6.04 Å². The number of nitrogens with two attached hydrogens (primary N) is 1. The van der Waals surface area contributed by atoms with E-state index in [9.17, 15) is 13.2 Å². The summed E-state index contributed by atoms with van der Waals surface area (Å²) in [6, 6.07) is 10.3. The number of sulfonamides is 1. The van der Waals surface area contributed by atoms with E-state index in [1.807, 2.05) is 19.3 Å². The van der Waals surface area contributed by atoms with Crippen molar-refractivity contribution in [1.29, 1.82) is 0 Å². The number of amides is 1. The Morgan fingerprint density at radius 1 is 1.32 bits per heavy atom. The van der Waals surface area contributed by atoms with Gasteiger partial charge in [0.2, 0.25) is 10.0 Å². The summed E-state index contributed by atoms with van der Waals surface area (Å²) in [7, 11) is -1.70. The monoisotopic (exact) mass is 363 g/mol. The number of aryl methyl sites for hydroxylation is 1. The van der Waals surface area contributed by atoms with E-state index < -0.39 is 10.0 Å². The van der Waals surface area contributed by atoms with Gasteiger partial charge in [-0.1, -0.05) is 0 Å². The molecule has 0 spiro atoms. The molecule has 7 nitrogen and oxygen atoms in total. The van der Waals surface area contributed by atoms with Gasteiger partial charge in [-0.2, -0.15) is 0 Å². The average molecular weight is 363 g/mol. The first-order valence-corrected chi connectivity index (χ1v) is 9.78. The second-order valence-electron chi connectivity index (χ2n) is 6.44. The molecule has 1 aliphatic heterocycles. The third-order valence-corrected chi connectivity index (χ3v) is 5.61. The highest BCUT2D eigenvalue weighted by Crippen LogP contribution is 2.19. The van der Waals surface area contributed by atoms with Gasteiger partial charge in [-0.15, -0.1) is 0 Å². The summed E-state index contributed by atoms with van der Waals surface area (Å²) in [6.45, 7) is 1.35. The van der Waals surface area contributed by atoms with Crippen LogP contribution in [-0.2, 0) is 21.9 Å². The Hall–Kier alpha value is -2.16. The van der Waals surface area contributed by atoms with E-state index in [0.717, 1.165) is 19.4 Å². The summed E-state index contributed by atoms with van der Waals surface area (Å²) in [5.74, 6) is -0.0838. The molecule has 0 aliphatic carbocycles. The molecular formula is C17H23N4O3S+. The van der Waals surface area contributed by atoms with Gasteiger partial charge in [0.05, 0.1) is 17.1 Å². The van der Waals surface area contributed by atoms with Gasteiger partial charge in [0.15, 0.2) is 6.54 Å². The molecule has 2 atom stereocenters. The van der Waals surface area contributed by atoms with E-state index >= 15 is 0 Å². The van der Waals surface area contributed by atoms with Crippen molar-refractivity contribution >= 4 is 21.6 Å². The number of rotatable bonds is 5. The van der Waals surface area contributed by atoms with E-state index in [1.165, 1.54) is 22.7 Å². The fourth-order valence-corrected chi connectivity index (χ4v) is 3.97. The molecule has 1 amide bonds. The fraction of sp³-hybridized carbons (Fsp3) is 0.353. The average Bonchev–Trinajstić information content (AvgIpc) is 3.15. The molecule has 0 radical (unpaired) electrons. The molecule has 134 valence electrons. The molecule has 1 aromatic carbocycles. The van der Waals surface area contributed by atoms with E-state index in [2.05, 4.69) is 16.0 Å². The lowest BCUT2D eigenvalue weighted by molar-refractivity contribution is -0.910. The predicted octanol–water partition coefficient (Wildman–Crippen LogP) is 0.0310. The quantitative estimate of drug-likeness (QED) is 0.699. The van der Waals surface area contributed by atoms with Gasteiger partial charge < -0.3 is 14.8 Å². The highest BCUT2D eigenvalue weighted by Gasteiger charge is 2.32. The SMILES string of the molecule is Cn1cccc1[C@@H]1CCC[NH+]1CC(=O)Nc1ccc(S(N)(=O)=O)cc1. The molecular weight excluding hydrogens is 340 g/mol. The van der Waals surface area contributed by atoms with Crippen LogP contribution in [0.25, 0.3) is 0 Å². The van der Waals surface area contributed by atoms with E-state index in [4.69, 9.17) is 5.14 Å². The first kappa shape index (κ1) is 17.7. The summed E-state index contributed by atoms with van der Waals surface area (Å²) in [5, 5.41) is 7.90. The summed E-state index contributed by atoms with van der Waals surface area (Å²) < 4.78 is 24.6. The van der Waals surface area contributed by atoms with Crippen LogP contribution >= 0.6 is 0 Å². The Morgan fingerprint density at radius 2 is 2.04 bits per heavy atom. The van der Waals surface area contributed by atoms with Crippen LogP contribution < -0.4 is 15.4 Å². The minimum atomic E-state index is -3.72. The van der Waals surface area contributed by atoms with E-state index in [1.54, 1.807) is 12.1 Å². The minimum absolute atomic E-state index is 0.0273. The number of quaternary nitrogens is 1. The summed E-state index contributed by atoms with van der Waals surface area (Å²) in [4.78, 5) is 13.6. The Kier molecular flexibility index (Phi) is 4.94. The predicted molar refractivity (Wildman–Crippen MR) is 94.5 cm³/mol. The highest BCUT2D eigenvalue weighted by atomic mass is 32.2. The molecule has 1 aromatic heterocycles. The molecule has 1 saturated heterocycles. The van der Waals surface area contributed by atoms with Gasteiger partial charge in [-0.05, 0) is 36.4 Å². The lowest BCUT2D eigenvalue weighted by atomic mass is 10.1. The number of likely N-dealkylation sites (tertiary alicyclic amines) is 1. The molecule has 3 rings (SSSR count). The third-order valence-electron chi connectivity index (χ3n) is 4.68. The number of hydrogen-bond donors (Lipinski definition) is 3. The Balaban J connectivity index is 1.63. The van der Waals surface area contributed by atoms with Crippen LogP contribution in [0.15, 0.2) is 47.5 Å². The number of carbonyl (C=O) groups is 1. The summed E-state index contributed by atoms with van der Waals surface area (Å²) in [6.07, 6.45) is 4.20. The van der Waals surface area contributed by atoms with Crippen LogP contribution in [-0.4, -0.2) is 32.0 Å². The highest BCUT2D eigenvalue weighted by molar-refractivity contribution is 7.89. The van der Waals surface area contributed by atoms with Crippen molar-refractivity contribution in [3.63, 3.8) is 0 Å². The number of nitrogens with one attached hydrogen (secondary N) is 2. The number of nitrogens with zero attached hydrogens (tertiary/aromatic N) is 1. The van der Waals surface area contributed by atoms with Gasteiger partial charge in [-0.25, -0.2) is 13.6 Å². The van der Waals surface area contributed by atoms with Crippen molar-refractivity contribution in [3.05, 3.63) is 48.3 Å². The number of hydrogen-bond acceptors (Lipinski definition) is 3. The number of primary sulfonamides is 1. The largest absolute Gasteiger partial charge is 0.350 e. The van der Waals surface area contributed by atoms with Gasteiger partial charge in [-0.3, -0.25) is 4.79 Å². The Morgan fingerprint density at radius 3 is 2.64 bits per heavy atom. The van der Waals surface area contributed by atoms with E-state index in [-0.39, 0.29) is 10.8 Å². The Labute approximate surface area is 147 Å². The van der Waals surface area contributed by atoms with Crippen LogP contribution in [0.4, 0.5) is 5.69 Å². The van der Waals surface area contributed by atoms with Crippen molar-refractivity contribution in [2.24, 2.45) is 12.2 Å². The molecule has 25 heavy (non-hydrogen) atoms. The summed E-state index contributed by atoms with van der Waals surface area (Å²) in [5.41, 5.74) is 1.81. The number of carbonyl (C=O) groups excluding carboxylic acids is 1. The van der Waals surface area contributed by atoms with Crippen molar-refractivity contribution in [3.8, 4) is 0 Å². The van der Waals surface area contributed by atoms with Crippen LogP contribution in [0.5, 0.6) is 0 Å². The third kappa shape index (κ3) is 4.09. The molecule has 8 heteroatoms. The lowest BCUT2D eigenvalue weighted by Gasteiger charge is -2.21. The number of benzene rings is 1. The zero-order valence-electron chi connectivity index (χ0n) is 14.1. The second-order valence-corrected chi connectivity index (χ2v) is 8.00. The molecule has 1 unspecified atom stereocenters. The van der Waals surface area contributed by atoms with Crippen molar-refractivity contribution < 1.29 is 18.1 Å². The van der Waals surface area contributed by atoms with E-state index in [0.29, 0.717) is 18.3 Å². The van der Waals surface area contributed by atoms with Crippen molar-refractivity contribution in [2.75, 3.05) is 18.4 Å². The Bertz CT molecular complexity index is 858. The second kappa shape index (κ2) is 6.99. The van der Waals surface area contributed by atoms with Gasteiger partial charge >= 0.3 is 0 Å². The van der Waals surface area contributed by atoms with Crippen LogP contribution in [0.1, 0.15) is 24.6 Å². The van der Waals surface area contributed by atoms with Crippen molar-refractivity contribution in [1.82, 2.24) is 4.57 Å². The first-order chi connectivity index (χ1) is 11.8. The van der Waals surface area contributed by atoms with Gasteiger partial charge in [0.25, 0.3) is 5.91 Å². The molecule has 1 fully saturated rings. The minimum Gasteiger partial charge on any atom is -0.350 e. The molecule has 0 saturated carbocycles. The molecule has 4 N–H and O–H groups in total. The molecule has 1 aliphatic rings. The zero-order valence-corrected chi connectivity index (χ0v) is 14.9. The standard InChI is InChI=1S/C17H22N4O3S/c1-20-10-2-4-15(20)16-5-3-11-21(16)12-17(22)19-13-6-8-14(9-7-13)25(18,23)24/h2,4,6-10,16H,3,5,11-12H2,1H3,(H,19,22)(H2,18,23,24)/p+1/t16-/m0/s1. The maximum Gasteiger partial charge on any atom is 0.279 e. The van der Waals surface area contributed by atoms with Gasteiger partial charge in [0, 0.05) is 31.8 Å². The maximum absolute atomic E-state index is 12.4. The number of anilines is 1. The van der Waals surface area contributed by atoms with Crippen molar-refractivity contribution in [2.45, 2.75) is 23.8 Å². The lowest BCUT2D eigenvalue weighted by Crippen LogP contribution is -3.11. The zero-order chi connectivity index (χ0) is 18.0. The van der Waals surface area contributed by atoms with Crippen LogP contribution in [0.2, 0.25) is 0 Å². The van der Waals surface area contributed by atoms with Crippen LogP contribution in [0.3, 0.4) is 0 Å². The number of aromatic nitrogens is 1. The molecule has 2 aromatic rings. The maximum atomic E-state index is 12.4. The summed E-state index contributed by atoms with van der Waals surface area (Å²) >= 11 is 0. The topological polar surface area (TPSA) is 98.6 Å². The molecule has 0 bridgehead atoms. The fourth-order valence-electron chi connectivity index (χ4n) is 3.46.